The van der Waals surface area contributed by atoms with Crippen LogP contribution in [-0.4, -0.2) is 49.8 Å². The first-order chi connectivity index (χ1) is 9.48. The highest BCUT2D eigenvalue weighted by Gasteiger charge is 2.31. The minimum Gasteiger partial charge on any atom is -0.285 e. The van der Waals surface area contributed by atoms with E-state index in [1.807, 2.05) is 19.9 Å². The Kier molecular flexibility index (Phi) is 4.81. The van der Waals surface area contributed by atoms with Crippen molar-refractivity contribution in [2.24, 2.45) is 0 Å². The van der Waals surface area contributed by atoms with Crippen LogP contribution in [0.4, 0.5) is 0 Å². The number of sulfonamides is 1. The van der Waals surface area contributed by atoms with E-state index in [4.69, 9.17) is 5.26 Å². The summed E-state index contributed by atoms with van der Waals surface area (Å²) >= 11 is 1.31. The Hall–Kier alpha value is -0.940. The summed E-state index contributed by atoms with van der Waals surface area (Å²) in [5.74, 6) is 0. The Labute approximate surface area is 124 Å². The van der Waals surface area contributed by atoms with Crippen LogP contribution in [0.5, 0.6) is 0 Å². The summed E-state index contributed by atoms with van der Waals surface area (Å²) in [7, 11) is -3.36. The third-order valence-electron chi connectivity index (χ3n) is 3.56. The maximum atomic E-state index is 12.5. The molecule has 20 heavy (non-hydrogen) atoms. The number of hydrogen-bond acceptors (Lipinski definition) is 5. The average Bonchev–Trinajstić information content (AvgIpc) is 2.88. The summed E-state index contributed by atoms with van der Waals surface area (Å²) < 4.78 is 26.9. The van der Waals surface area contributed by atoms with E-state index in [0.717, 1.165) is 11.3 Å². The Bertz CT molecular complexity index is 595. The molecule has 1 aliphatic rings. The van der Waals surface area contributed by atoms with Gasteiger partial charge in [-0.1, -0.05) is 6.92 Å². The first kappa shape index (κ1) is 15.4. The lowest BCUT2D eigenvalue weighted by Gasteiger charge is -2.35. The SMILES string of the molecule is CCC(C#N)N1CCN(S(=O)(=O)c2ccc(C)s2)CC1. The van der Waals surface area contributed by atoms with Crippen LogP contribution in [0.2, 0.25) is 0 Å². The van der Waals surface area contributed by atoms with Crippen LogP contribution in [-0.2, 0) is 10.0 Å². The molecule has 1 aliphatic heterocycles. The van der Waals surface area contributed by atoms with E-state index >= 15 is 0 Å². The molecule has 1 fully saturated rings. The smallest absolute Gasteiger partial charge is 0.252 e. The minimum absolute atomic E-state index is 0.108. The van der Waals surface area contributed by atoms with Gasteiger partial charge in [0.05, 0.1) is 12.1 Å². The summed E-state index contributed by atoms with van der Waals surface area (Å²) in [5, 5.41) is 9.06. The second-order valence-electron chi connectivity index (χ2n) is 4.86. The van der Waals surface area contributed by atoms with E-state index in [9.17, 15) is 8.42 Å². The van der Waals surface area contributed by atoms with Crippen LogP contribution < -0.4 is 0 Å². The zero-order valence-corrected chi connectivity index (χ0v) is 13.4. The van der Waals surface area contributed by atoms with Gasteiger partial charge in [0.15, 0.2) is 0 Å². The van der Waals surface area contributed by atoms with Gasteiger partial charge >= 0.3 is 0 Å². The molecule has 1 aromatic heterocycles. The van der Waals surface area contributed by atoms with Crippen molar-refractivity contribution in [3.8, 4) is 6.07 Å². The normalized spacial score (nSPS) is 19.6. The number of hydrogen-bond donors (Lipinski definition) is 0. The molecule has 2 heterocycles. The quantitative estimate of drug-likeness (QED) is 0.848. The van der Waals surface area contributed by atoms with Crippen molar-refractivity contribution in [1.29, 1.82) is 5.26 Å². The molecule has 1 saturated heterocycles. The number of rotatable bonds is 4. The molecule has 0 N–H and O–H groups in total. The van der Waals surface area contributed by atoms with E-state index in [-0.39, 0.29) is 6.04 Å². The van der Waals surface area contributed by atoms with Crippen molar-refractivity contribution in [3.05, 3.63) is 17.0 Å². The topological polar surface area (TPSA) is 64.4 Å². The molecule has 2 rings (SSSR count). The molecule has 0 amide bonds. The van der Waals surface area contributed by atoms with Gasteiger partial charge in [-0.2, -0.15) is 9.57 Å². The molecule has 1 unspecified atom stereocenters. The van der Waals surface area contributed by atoms with E-state index in [1.165, 1.54) is 15.6 Å². The lowest BCUT2D eigenvalue weighted by atomic mass is 10.2. The molecule has 7 heteroatoms. The summed E-state index contributed by atoms with van der Waals surface area (Å²) in [6.07, 6.45) is 0.771. The fourth-order valence-electron chi connectivity index (χ4n) is 2.36. The molecule has 1 atom stereocenters. The van der Waals surface area contributed by atoms with Crippen LogP contribution >= 0.6 is 11.3 Å². The molecule has 110 valence electrons. The lowest BCUT2D eigenvalue weighted by molar-refractivity contribution is 0.159. The molecule has 0 spiro atoms. The highest BCUT2D eigenvalue weighted by Crippen LogP contribution is 2.25. The van der Waals surface area contributed by atoms with E-state index < -0.39 is 10.0 Å². The van der Waals surface area contributed by atoms with Crippen LogP contribution in [0.15, 0.2) is 16.3 Å². The molecule has 0 bridgehead atoms. The first-order valence-electron chi connectivity index (χ1n) is 6.69. The molecule has 0 radical (unpaired) electrons. The van der Waals surface area contributed by atoms with Crippen molar-refractivity contribution in [2.75, 3.05) is 26.2 Å². The van der Waals surface area contributed by atoms with E-state index in [0.29, 0.717) is 30.4 Å². The summed E-state index contributed by atoms with van der Waals surface area (Å²) in [6.45, 7) is 6.03. The van der Waals surface area contributed by atoms with Gasteiger partial charge in [0, 0.05) is 31.1 Å². The molecule has 0 aromatic carbocycles. The third kappa shape index (κ3) is 3.04. The van der Waals surface area contributed by atoms with Gasteiger partial charge < -0.3 is 0 Å². The number of nitriles is 1. The maximum absolute atomic E-state index is 12.5. The molecule has 1 aromatic rings. The highest BCUT2D eigenvalue weighted by atomic mass is 32.2. The largest absolute Gasteiger partial charge is 0.285 e. The Morgan fingerprint density at radius 3 is 2.45 bits per heavy atom. The van der Waals surface area contributed by atoms with Crippen LogP contribution in [0.1, 0.15) is 18.2 Å². The van der Waals surface area contributed by atoms with Crippen LogP contribution in [0, 0.1) is 18.3 Å². The van der Waals surface area contributed by atoms with Crippen molar-refractivity contribution in [3.63, 3.8) is 0 Å². The van der Waals surface area contributed by atoms with Gasteiger partial charge in [-0.15, -0.1) is 11.3 Å². The highest BCUT2D eigenvalue weighted by molar-refractivity contribution is 7.91. The summed E-state index contributed by atoms with van der Waals surface area (Å²) in [6, 6.07) is 5.66. The fourth-order valence-corrected chi connectivity index (χ4v) is 5.22. The first-order valence-corrected chi connectivity index (χ1v) is 8.95. The molecule has 0 saturated carbocycles. The van der Waals surface area contributed by atoms with Gasteiger partial charge in [-0.05, 0) is 25.5 Å². The van der Waals surface area contributed by atoms with Crippen molar-refractivity contribution in [1.82, 2.24) is 9.21 Å². The predicted molar refractivity (Wildman–Crippen MR) is 79.1 cm³/mol. The van der Waals surface area contributed by atoms with Gasteiger partial charge in [0.25, 0.3) is 10.0 Å². The van der Waals surface area contributed by atoms with Gasteiger partial charge in [0.2, 0.25) is 0 Å². The minimum atomic E-state index is -3.36. The van der Waals surface area contributed by atoms with Gasteiger partial charge in [-0.25, -0.2) is 8.42 Å². The second-order valence-corrected chi connectivity index (χ2v) is 8.31. The van der Waals surface area contributed by atoms with Crippen molar-refractivity contribution < 1.29 is 8.42 Å². The number of nitrogens with zero attached hydrogens (tertiary/aromatic N) is 3. The maximum Gasteiger partial charge on any atom is 0.252 e. The zero-order valence-electron chi connectivity index (χ0n) is 11.7. The second kappa shape index (κ2) is 6.22. The number of piperazine rings is 1. The lowest BCUT2D eigenvalue weighted by Crippen LogP contribution is -2.51. The molecular weight excluding hydrogens is 294 g/mol. The Morgan fingerprint density at radius 1 is 1.35 bits per heavy atom. The van der Waals surface area contributed by atoms with Crippen LogP contribution in [0.3, 0.4) is 0 Å². The van der Waals surface area contributed by atoms with Gasteiger partial charge in [-0.3, -0.25) is 4.90 Å². The van der Waals surface area contributed by atoms with Crippen molar-refractivity contribution >= 4 is 21.4 Å². The summed E-state index contributed by atoms with van der Waals surface area (Å²) in [4.78, 5) is 3.06. The molecule has 5 nitrogen and oxygen atoms in total. The fraction of sp³-hybridized carbons (Fsp3) is 0.615. The van der Waals surface area contributed by atoms with E-state index in [2.05, 4.69) is 11.0 Å². The Balaban J connectivity index is 2.06. The third-order valence-corrected chi connectivity index (χ3v) is 6.93. The molecule has 0 aliphatic carbocycles. The van der Waals surface area contributed by atoms with Crippen LogP contribution in [0.25, 0.3) is 0 Å². The van der Waals surface area contributed by atoms with Gasteiger partial charge in [0.1, 0.15) is 4.21 Å². The predicted octanol–water partition coefficient (Wildman–Crippen LogP) is 1.67. The average molecular weight is 313 g/mol. The van der Waals surface area contributed by atoms with Crippen molar-refractivity contribution in [2.45, 2.75) is 30.5 Å². The monoisotopic (exact) mass is 313 g/mol. The number of thiophene rings is 1. The summed E-state index contributed by atoms with van der Waals surface area (Å²) in [5.41, 5.74) is 0. The standard InChI is InChI=1S/C13H19N3O2S2/c1-3-12(10-14)15-6-8-16(9-7-15)20(17,18)13-5-4-11(2)19-13/h4-5,12H,3,6-9H2,1-2H3. The number of aryl methyl sites for hydroxylation is 1. The molecular formula is C13H19N3O2S2. The Morgan fingerprint density at radius 2 is 2.00 bits per heavy atom. The van der Waals surface area contributed by atoms with E-state index in [1.54, 1.807) is 6.07 Å². The zero-order chi connectivity index (χ0) is 14.8.